The van der Waals surface area contributed by atoms with Crippen LogP contribution in [0.5, 0.6) is 0 Å². The van der Waals surface area contributed by atoms with E-state index in [1.54, 1.807) is 18.7 Å². The van der Waals surface area contributed by atoms with Crippen molar-refractivity contribution >= 4 is 23.8 Å². The summed E-state index contributed by atoms with van der Waals surface area (Å²) in [5, 5.41) is 2.67. The zero-order chi connectivity index (χ0) is 23.4. The standard InChI is InChI=1S/C23H33N3O5/c1-7-23(8-2)20(29)25(21(30)24-23)15-18(27)31-16(3)19(28)26(22(4,5)6)14-17-12-10-9-11-13-17/h9-13,16H,7-8,14-15H2,1-6H3,(H,24,30)/t16-/m1/s1. The predicted octanol–water partition coefficient (Wildman–Crippen LogP) is 2.86. The number of rotatable bonds is 8. The molecule has 2 rings (SSSR count). The molecular weight excluding hydrogens is 398 g/mol. The minimum absolute atomic E-state index is 0.349. The number of imide groups is 1. The van der Waals surface area contributed by atoms with Crippen molar-refractivity contribution in [2.24, 2.45) is 0 Å². The molecule has 0 aromatic heterocycles. The number of nitrogens with one attached hydrogen (secondary N) is 1. The minimum atomic E-state index is -1.06. The molecule has 1 aromatic rings. The fraction of sp³-hybridized carbons (Fsp3) is 0.565. The average molecular weight is 432 g/mol. The molecule has 170 valence electrons. The summed E-state index contributed by atoms with van der Waals surface area (Å²) in [4.78, 5) is 52.9. The van der Waals surface area contributed by atoms with Gasteiger partial charge in [-0.15, -0.1) is 0 Å². The van der Waals surface area contributed by atoms with Crippen LogP contribution in [0.4, 0.5) is 4.79 Å². The number of amides is 4. The smallest absolute Gasteiger partial charge is 0.327 e. The third-order valence-corrected chi connectivity index (χ3v) is 5.66. The zero-order valence-corrected chi connectivity index (χ0v) is 19.2. The van der Waals surface area contributed by atoms with E-state index in [0.29, 0.717) is 19.4 Å². The number of hydrogen-bond acceptors (Lipinski definition) is 5. The fourth-order valence-corrected chi connectivity index (χ4v) is 3.59. The van der Waals surface area contributed by atoms with Gasteiger partial charge >= 0.3 is 12.0 Å². The Labute approximate surface area is 183 Å². The van der Waals surface area contributed by atoms with Gasteiger partial charge in [-0.2, -0.15) is 0 Å². The quantitative estimate of drug-likeness (QED) is 0.504. The van der Waals surface area contributed by atoms with Gasteiger partial charge in [0.25, 0.3) is 11.8 Å². The summed E-state index contributed by atoms with van der Waals surface area (Å²) in [5.41, 5.74) is -0.531. The second-order valence-corrected chi connectivity index (χ2v) is 8.82. The summed E-state index contributed by atoms with van der Waals surface area (Å²) in [7, 11) is 0. The molecule has 1 atom stereocenters. The molecule has 1 heterocycles. The van der Waals surface area contributed by atoms with E-state index in [9.17, 15) is 19.2 Å². The number of nitrogens with zero attached hydrogens (tertiary/aromatic N) is 2. The first kappa shape index (κ1) is 24.4. The number of benzene rings is 1. The first-order valence-electron chi connectivity index (χ1n) is 10.6. The highest BCUT2D eigenvalue weighted by Gasteiger charge is 2.49. The fourth-order valence-electron chi connectivity index (χ4n) is 3.59. The van der Waals surface area contributed by atoms with E-state index in [1.165, 1.54) is 6.92 Å². The Morgan fingerprint density at radius 3 is 2.19 bits per heavy atom. The lowest BCUT2D eigenvalue weighted by Crippen LogP contribution is -2.50. The van der Waals surface area contributed by atoms with Crippen LogP contribution in [0.1, 0.15) is 59.9 Å². The maximum Gasteiger partial charge on any atom is 0.327 e. The Morgan fingerprint density at radius 1 is 1.13 bits per heavy atom. The summed E-state index contributed by atoms with van der Waals surface area (Å²) >= 11 is 0. The average Bonchev–Trinajstić information content (AvgIpc) is 2.96. The molecule has 1 fully saturated rings. The maximum absolute atomic E-state index is 13.1. The number of urea groups is 1. The van der Waals surface area contributed by atoms with E-state index in [4.69, 9.17) is 4.74 Å². The van der Waals surface area contributed by atoms with Gasteiger partial charge in [-0.25, -0.2) is 4.79 Å². The van der Waals surface area contributed by atoms with Gasteiger partial charge in [0.15, 0.2) is 6.10 Å². The predicted molar refractivity (Wildman–Crippen MR) is 116 cm³/mol. The molecule has 0 bridgehead atoms. The molecule has 0 unspecified atom stereocenters. The van der Waals surface area contributed by atoms with Gasteiger partial charge in [-0.1, -0.05) is 44.2 Å². The number of carbonyl (C=O) groups excluding carboxylic acids is 4. The van der Waals surface area contributed by atoms with E-state index in [-0.39, 0.29) is 5.91 Å². The molecule has 0 saturated carbocycles. The summed E-state index contributed by atoms with van der Waals surface area (Å²) in [5.74, 6) is -1.60. The molecule has 0 spiro atoms. The number of carbonyl (C=O) groups is 4. The van der Waals surface area contributed by atoms with Crippen LogP contribution >= 0.6 is 0 Å². The lowest BCUT2D eigenvalue weighted by atomic mass is 9.93. The molecule has 1 aromatic carbocycles. The highest BCUT2D eigenvalue weighted by Crippen LogP contribution is 2.25. The number of hydrogen-bond donors (Lipinski definition) is 1. The maximum atomic E-state index is 13.1. The summed E-state index contributed by atoms with van der Waals surface area (Å²) < 4.78 is 5.32. The third-order valence-electron chi connectivity index (χ3n) is 5.66. The number of esters is 1. The summed E-state index contributed by atoms with van der Waals surface area (Å²) in [6.07, 6.45) is -0.207. The SMILES string of the molecule is CCC1(CC)NC(=O)N(CC(=O)O[C@H](C)C(=O)N(Cc2ccccc2)C(C)(C)C)C1=O. The van der Waals surface area contributed by atoms with Crippen molar-refractivity contribution in [3.05, 3.63) is 35.9 Å². The van der Waals surface area contributed by atoms with Gasteiger partial charge in [-0.3, -0.25) is 19.3 Å². The van der Waals surface area contributed by atoms with Crippen LogP contribution in [0.3, 0.4) is 0 Å². The highest BCUT2D eigenvalue weighted by molar-refractivity contribution is 6.08. The van der Waals surface area contributed by atoms with E-state index in [1.807, 2.05) is 51.1 Å². The molecular formula is C23H33N3O5. The van der Waals surface area contributed by atoms with Gasteiger partial charge in [0.05, 0.1) is 0 Å². The molecule has 1 aliphatic heterocycles. The van der Waals surface area contributed by atoms with Crippen LogP contribution < -0.4 is 5.32 Å². The lowest BCUT2D eigenvalue weighted by molar-refractivity contribution is -0.163. The van der Waals surface area contributed by atoms with Crippen molar-refractivity contribution in [1.82, 2.24) is 15.1 Å². The van der Waals surface area contributed by atoms with Gasteiger partial charge < -0.3 is 15.0 Å². The van der Waals surface area contributed by atoms with Gasteiger partial charge in [-0.05, 0) is 46.1 Å². The van der Waals surface area contributed by atoms with Gasteiger partial charge in [0.2, 0.25) is 0 Å². The van der Waals surface area contributed by atoms with Crippen LogP contribution in [0, 0.1) is 0 Å². The van der Waals surface area contributed by atoms with E-state index in [2.05, 4.69) is 5.32 Å². The Balaban J connectivity index is 2.06. The van der Waals surface area contributed by atoms with E-state index >= 15 is 0 Å². The highest BCUT2D eigenvalue weighted by atomic mass is 16.5. The molecule has 31 heavy (non-hydrogen) atoms. The van der Waals surface area contributed by atoms with Crippen LogP contribution in [-0.4, -0.2) is 57.3 Å². The Hall–Kier alpha value is -2.90. The Bertz CT molecular complexity index is 827. The van der Waals surface area contributed by atoms with Gasteiger partial charge in [0.1, 0.15) is 12.1 Å². The monoisotopic (exact) mass is 431 g/mol. The van der Waals surface area contributed by atoms with Crippen LogP contribution in [-0.2, 0) is 25.7 Å². The molecule has 1 aliphatic rings. The van der Waals surface area contributed by atoms with Crippen molar-refractivity contribution < 1.29 is 23.9 Å². The van der Waals surface area contributed by atoms with Gasteiger partial charge in [0, 0.05) is 12.1 Å². The molecule has 0 radical (unpaired) electrons. The number of ether oxygens (including phenoxy) is 1. The van der Waals surface area contributed by atoms with Crippen molar-refractivity contribution in [2.75, 3.05) is 6.54 Å². The van der Waals surface area contributed by atoms with Crippen molar-refractivity contribution in [3.63, 3.8) is 0 Å². The molecule has 8 nitrogen and oxygen atoms in total. The lowest BCUT2D eigenvalue weighted by Gasteiger charge is -2.37. The molecule has 1 saturated heterocycles. The minimum Gasteiger partial charge on any atom is -0.451 e. The second-order valence-electron chi connectivity index (χ2n) is 8.82. The molecule has 1 N–H and O–H groups in total. The topological polar surface area (TPSA) is 96.0 Å². The Morgan fingerprint density at radius 2 is 1.71 bits per heavy atom. The first-order valence-corrected chi connectivity index (χ1v) is 10.6. The van der Waals surface area contributed by atoms with Crippen molar-refractivity contribution in [3.8, 4) is 0 Å². The van der Waals surface area contributed by atoms with Crippen LogP contribution in [0.25, 0.3) is 0 Å². The zero-order valence-electron chi connectivity index (χ0n) is 19.2. The first-order chi connectivity index (χ1) is 14.4. The van der Waals surface area contributed by atoms with Crippen molar-refractivity contribution in [2.45, 2.75) is 78.1 Å². The van der Waals surface area contributed by atoms with Crippen LogP contribution in [0.15, 0.2) is 30.3 Å². The van der Waals surface area contributed by atoms with E-state index in [0.717, 1.165) is 10.5 Å². The third kappa shape index (κ3) is 5.42. The second kappa shape index (κ2) is 9.49. The largest absolute Gasteiger partial charge is 0.451 e. The van der Waals surface area contributed by atoms with Crippen molar-refractivity contribution in [1.29, 1.82) is 0 Å². The van der Waals surface area contributed by atoms with Crippen LogP contribution in [0.2, 0.25) is 0 Å². The molecule has 0 aliphatic carbocycles. The normalized spacial score (nSPS) is 16.6. The molecule has 8 heteroatoms. The van der Waals surface area contributed by atoms with E-state index < -0.39 is 41.6 Å². The summed E-state index contributed by atoms with van der Waals surface area (Å²) in [6, 6.07) is 8.93. The molecule has 4 amide bonds. The summed E-state index contributed by atoms with van der Waals surface area (Å²) in [6.45, 7) is 10.7. The Kier molecular flexibility index (Phi) is 7.46.